The summed E-state index contributed by atoms with van der Waals surface area (Å²) in [5.74, 6) is 0. The molecule has 4 heteroatoms. The second-order valence-electron chi connectivity index (χ2n) is 3.43. The van der Waals surface area contributed by atoms with Crippen molar-refractivity contribution >= 4 is 34.0 Å². The Labute approximate surface area is 92.6 Å². The SMILES string of the molecule is C=C(B(O)O)c1c(C)sc2ccccc12. The lowest BCUT2D eigenvalue weighted by Crippen LogP contribution is -2.13. The predicted octanol–water partition coefficient (Wildman–Crippen LogP) is 2.23. The van der Waals surface area contributed by atoms with Crippen molar-refractivity contribution in [2.24, 2.45) is 0 Å². The number of aryl methyl sites for hydroxylation is 1. The molecule has 0 atom stereocenters. The molecular weight excluding hydrogens is 207 g/mol. The quantitative estimate of drug-likeness (QED) is 0.759. The lowest BCUT2D eigenvalue weighted by Gasteiger charge is -2.04. The standard InChI is InChI=1S/C11H11BO2S/c1-7(12(13)14)11-8(2)15-10-6-4-3-5-9(10)11/h3-6,13-14H,1H2,2H3. The van der Waals surface area contributed by atoms with Crippen LogP contribution >= 0.6 is 11.3 Å². The van der Waals surface area contributed by atoms with Gasteiger partial charge in [-0.3, -0.25) is 0 Å². The van der Waals surface area contributed by atoms with E-state index in [1.165, 1.54) is 0 Å². The Morgan fingerprint density at radius 3 is 2.67 bits per heavy atom. The van der Waals surface area contributed by atoms with E-state index < -0.39 is 7.12 Å². The van der Waals surface area contributed by atoms with Crippen LogP contribution in [0.25, 0.3) is 15.6 Å². The Balaban J connectivity index is 2.69. The molecule has 2 nitrogen and oxygen atoms in total. The Morgan fingerprint density at radius 1 is 1.33 bits per heavy atom. The molecule has 0 fully saturated rings. The molecule has 0 spiro atoms. The predicted molar refractivity (Wildman–Crippen MR) is 65.8 cm³/mol. The van der Waals surface area contributed by atoms with Gasteiger partial charge in [-0.05, 0) is 29.4 Å². The maximum atomic E-state index is 9.14. The van der Waals surface area contributed by atoms with Crippen LogP contribution in [0.15, 0.2) is 30.8 Å². The van der Waals surface area contributed by atoms with Crippen molar-refractivity contribution in [2.75, 3.05) is 0 Å². The first-order valence-corrected chi connectivity index (χ1v) is 5.46. The zero-order valence-corrected chi connectivity index (χ0v) is 9.21. The third-order valence-electron chi connectivity index (χ3n) is 2.40. The summed E-state index contributed by atoms with van der Waals surface area (Å²) in [6.45, 7) is 5.68. The van der Waals surface area contributed by atoms with Crippen molar-refractivity contribution < 1.29 is 10.0 Å². The minimum Gasteiger partial charge on any atom is -0.423 e. The van der Waals surface area contributed by atoms with Gasteiger partial charge in [0.05, 0.1) is 0 Å². The number of fused-ring (bicyclic) bond motifs is 1. The zero-order chi connectivity index (χ0) is 11.0. The van der Waals surface area contributed by atoms with Gasteiger partial charge in [-0.1, -0.05) is 24.8 Å². The van der Waals surface area contributed by atoms with Crippen molar-refractivity contribution in [3.8, 4) is 0 Å². The third kappa shape index (κ3) is 1.72. The molecule has 0 unspecified atom stereocenters. The Morgan fingerprint density at radius 2 is 2.00 bits per heavy atom. The van der Waals surface area contributed by atoms with Crippen LogP contribution in [-0.4, -0.2) is 17.2 Å². The number of hydrogen-bond acceptors (Lipinski definition) is 3. The zero-order valence-electron chi connectivity index (χ0n) is 8.40. The number of thiophene rings is 1. The van der Waals surface area contributed by atoms with Gasteiger partial charge < -0.3 is 10.0 Å². The minimum atomic E-state index is -1.48. The summed E-state index contributed by atoms with van der Waals surface area (Å²) in [6, 6.07) is 7.91. The molecule has 2 aromatic rings. The first-order valence-electron chi connectivity index (χ1n) is 4.64. The molecule has 1 aromatic heterocycles. The molecule has 0 radical (unpaired) electrons. The van der Waals surface area contributed by atoms with E-state index >= 15 is 0 Å². The monoisotopic (exact) mass is 218 g/mol. The van der Waals surface area contributed by atoms with Crippen LogP contribution in [0.4, 0.5) is 0 Å². The molecule has 2 rings (SSSR count). The van der Waals surface area contributed by atoms with Gasteiger partial charge in [-0.25, -0.2) is 0 Å². The number of benzene rings is 1. The molecule has 1 heterocycles. The fourth-order valence-electron chi connectivity index (χ4n) is 1.70. The maximum absolute atomic E-state index is 9.14. The van der Waals surface area contributed by atoms with Crippen LogP contribution in [0.5, 0.6) is 0 Å². The highest BCUT2D eigenvalue weighted by Gasteiger charge is 2.19. The van der Waals surface area contributed by atoms with Gasteiger partial charge in [0, 0.05) is 9.58 Å². The summed E-state index contributed by atoms with van der Waals surface area (Å²) in [5.41, 5.74) is 1.23. The number of hydrogen-bond donors (Lipinski definition) is 2. The van der Waals surface area contributed by atoms with Crippen molar-refractivity contribution in [3.05, 3.63) is 41.3 Å². The summed E-state index contributed by atoms with van der Waals surface area (Å²) in [7, 11) is -1.48. The van der Waals surface area contributed by atoms with Crippen molar-refractivity contribution in [2.45, 2.75) is 6.92 Å². The fraction of sp³-hybridized carbons (Fsp3) is 0.0909. The van der Waals surface area contributed by atoms with E-state index in [0.717, 1.165) is 20.5 Å². The van der Waals surface area contributed by atoms with E-state index in [1.54, 1.807) is 11.3 Å². The maximum Gasteiger partial charge on any atom is 0.488 e. The highest BCUT2D eigenvalue weighted by molar-refractivity contribution is 7.19. The summed E-state index contributed by atoms with van der Waals surface area (Å²) >= 11 is 1.64. The van der Waals surface area contributed by atoms with Gasteiger partial charge >= 0.3 is 7.12 Å². The topological polar surface area (TPSA) is 40.5 Å². The smallest absolute Gasteiger partial charge is 0.423 e. The fourth-order valence-corrected chi connectivity index (χ4v) is 2.80. The summed E-state index contributed by atoms with van der Waals surface area (Å²) in [5, 5.41) is 19.3. The molecule has 0 aliphatic carbocycles. The largest absolute Gasteiger partial charge is 0.488 e. The Bertz CT molecular complexity index is 516. The van der Waals surface area contributed by atoms with Gasteiger partial charge in [0.15, 0.2) is 0 Å². The van der Waals surface area contributed by atoms with Crippen molar-refractivity contribution in [3.63, 3.8) is 0 Å². The normalized spacial score (nSPS) is 10.6. The van der Waals surface area contributed by atoms with Gasteiger partial charge in [-0.2, -0.15) is 0 Å². The average molecular weight is 218 g/mol. The van der Waals surface area contributed by atoms with Crippen LogP contribution in [0.1, 0.15) is 10.4 Å². The molecule has 76 valence electrons. The van der Waals surface area contributed by atoms with E-state index in [2.05, 4.69) is 6.58 Å². The van der Waals surface area contributed by atoms with E-state index in [-0.39, 0.29) is 0 Å². The van der Waals surface area contributed by atoms with Gasteiger partial charge in [0.2, 0.25) is 0 Å². The van der Waals surface area contributed by atoms with E-state index in [4.69, 9.17) is 10.0 Å². The summed E-state index contributed by atoms with van der Waals surface area (Å²) in [4.78, 5) is 1.06. The van der Waals surface area contributed by atoms with Gasteiger partial charge in [0.1, 0.15) is 0 Å². The lowest BCUT2D eigenvalue weighted by atomic mass is 9.75. The van der Waals surface area contributed by atoms with Crippen LogP contribution in [0.3, 0.4) is 0 Å². The van der Waals surface area contributed by atoms with Gasteiger partial charge in [0.25, 0.3) is 0 Å². The molecule has 0 amide bonds. The van der Waals surface area contributed by atoms with E-state index in [0.29, 0.717) is 5.47 Å². The average Bonchev–Trinajstić information content (AvgIpc) is 2.52. The second kappa shape index (κ2) is 3.81. The molecular formula is C11H11BO2S. The van der Waals surface area contributed by atoms with Crippen LogP contribution < -0.4 is 0 Å². The van der Waals surface area contributed by atoms with E-state index in [1.807, 2.05) is 31.2 Å². The van der Waals surface area contributed by atoms with Crippen LogP contribution in [0, 0.1) is 6.92 Å². The van der Waals surface area contributed by atoms with Crippen molar-refractivity contribution in [1.29, 1.82) is 0 Å². The molecule has 0 saturated heterocycles. The summed E-state index contributed by atoms with van der Waals surface area (Å²) in [6.07, 6.45) is 0. The Hall–Kier alpha value is -1.10. The Kier molecular flexibility index (Phi) is 2.65. The second-order valence-corrected chi connectivity index (χ2v) is 4.68. The van der Waals surface area contributed by atoms with Crippen molar-refractivity contribution in [1.82, 2.24) is 0 Å². The highest BCUT2D eigenvalue weighted by Crippen LogP contribution is 2.34. The molecule has 1 aromatic carbocycles. The first kappa shape index (κ1) is 10.4. The lowest BCUT2D eigenvalue weighted by molar-refractivity contribution is 0.427. The summed E-state index contributed by atoms with van der Waals surface area (Å²) < 4.78 is 1.15. The first-order chi connectivity index (χ1) is 7.11. The highest BCUT2D eigenvalue weighted by atomic mass is 32.1. The molecule has 2 N–H and O–H groups in total. The van der Waals surface area contributed by atoms with Crippen LogP contribution in [-0.2, 0) is 0 Å². The molecule has 15 heavy (non-hydrogen) atoms. The van der Waals surface area contributed by atoms with E-state index in [9.17, 15) is 0 Å². The molecule has 0 aliphatic rings. The number of rotatable bonds is 2. The minimum absolute atomic E-state index is 0.366. The van der Waals surface area contributed by atoms with Crippen LogP contribution in [0.2, 0.25) is 0 Å². The molecule has 0 saturated carbocycles. The molecule has 0 bridgehead atoms. The molecule has 0 aliphatic heterocycles. The van der Waals surface area contributed by atoms with Gasteiger partial charge in [-0.15, -0.1) is 11.3 Å². The third-order valence-corrected chi connectivity index (χ3v) is 3.49.